The fraction of sp³-hybridized carbons (Fsp3) is 1.00. The van der Waals surface area contributed by atoms with Crippen molar-refractivity contribution in [1.82, 2.24) is 4.72 Å². The van der Waals surface area contributed by atoms with Crippen LogP contribution in [0, 0.1) is 11.8 Å². The Kier molecular flexibility index (Phi) is 7.13. The van der Waals surface area contributed by atoms with E-state index in [2.05, 4.69) is 4.72 Å². The molecular weight excluding hydrogens is 214 g/mol. The zero-order valence-electron chi connectivity index (χ0n) is 9.86. The van der Waals surface area contributed by atoms with Crippen LogP contribution in [0.15, 0.2) is 0 Å². The van der Waals surface area contributed by atoms with Gasteiger partial charge in [-0.2, -0.15) is 0 Å². The molecule has 0 saturated carbocycles. The van der Waals surface area contributed by atoms with Crippen molar-refractivity contribution in [1.29, 1.82) is 0 Å². The molecule has 0 bridgehead atoms. The molecule has 15 heavy (non-hydrogen) atoms. The van der Waals surface area contributed by atoms with Crippen molar-refractivity contribution in [2.45, 2.75) is 33.6 Å². The second-order valence-electron chi connectivity index (χ2n) is 4.10. The van der Waals surface area contributed by atoms with E-state index in [0.29, 0.717) is 6.54 Å². The predicted molar refractivity (Wildman–Crippen MR) is 62.1 cm³/mol. The highest BCUT2D eigenvalue weighted by Gasteiger charge is 2.16. The van der Waals surface area contributed by atoms with E-state index in [1.54, 1.807) is 6.92 Å². The first-order valence-electron chi connectivity index (χ1n) is 5.53. The highest BCUT2D eigenvalue weighted by atomic mass is 32.2. The summed E-state index contributed by atoms with van der Waals surface area (Å²) in [7, 11) is -3.17. The summed E-state index contributed by atoms with van der Waals surface area (Å²) >= 11 is 0. The first-order chi connectivity index (χ1) is 6.95. The Bertz CT molecular complexity index is 247. The van der Waals surface area contributed by atoms with Crippen LogP contribution in [0.2, 0.25) is 0 Å². The molecule has 2 N–H and O–H groups in total. The molecule has 0 aliphatic carbocycles. The minimum absolute atomic E-state index is 0.00744. The van der Waals surface area contributed by atoms with E-state index in [0.717, 1.165) is 12.8 Å². The van der Waals surface area contributed by atoms with E-state index in [9.17, 15) is 8.42 Å². The number of sulfonamides is 1. The van der Waals surface area contributed by atoms with Crippen LogP contribution in [0.4, 0.5) is 0 Å². The molecule has 0 aliphatic heterocycles. The van der Waals surface area contributed by atoms with Crippen LogP contribution in [0.3, 0.4) is 0 Å². The van der Waals surface area contributed by atoms with Crippen molar-refractivity contribution in [3.8, 4) is 0 Å². The third-order valence-electron chi connectivity index (χ3n) is 2.57. The summed E-state index contributed by atoms with van der Waals surface area (Å²) in [5.41, 5.74) is 0. The highest BCUT2D eigenvalue weighted by Crippen LogP contribution is 2.10. The minimum atomic E-state index is -3.17. The molecule has 0 radical (unpaired) electrons. The van der Waals surface area contributed by atoms with Crippen LogP contribution >= 0.6 is 0 Å². The summed E-state index contributed by atoms with van der Waals surface area (Å²) < 4.78 is 25.7. The SMILES string of the molecule is CCC(CC)CS(=O)(=O)NCC(C)CO. The van der Waals surface area contributed by atoms with Crippen molar-refractivity contribution in [2.24, 2.45) is 11.8 Å². The Morgan fingerprint density at radius 3 is 2.20 bits per heavy atom. The molecule has 4 nitrogen and oxygen atoms in total. The molecule has 5 heteroatoms. The van der Waals surface area contributed by atoms with Gasteiger partial charge in [-0.1, -0.05) is 33.6 Å². The largest absolute Gasteiger partial charge is 0.396 e. The van der Waals surface area contributed by atoms with Gasteiger partial charge in [0.25, 0.3) is 0 Å². The lowest BCUT2D eigenvalue weighted by molar-refractivity contribution is 0.238. The molecular formula is C10H23NO3S. The summed E-state index contributed by atoms with van der Waals surface area (Å²) in [5, 5.41) is 8.77. The van der Waals surface area contributed by atoms with Gasteiger partial charge in [0, 0.05) is 13.2 Å². The standard InChI is InChI=1S/C10H23NO3S/c1-4-10(5-2)8-15(13,14)11-6-9(3)7-12/h9-12H,4-8H2,1-3H3. The number of aliphatic hydroxyl groups is 1. The molecule has 0 heterocycles. The van der Waals surface area contributed by atoms with Gasteiger partial charge in [-0.15, -0.1) is 0 Å². The molecule has 0 aromatic carbocycles. The summed E-state index contributed by atoms with van der Waals surface area (Å²) in [6, 6.07) is 0. The fourth-order valence-corrected chi connectivity index (χ4v) is 2.98. The van der Waals surface area contributed by atoms with Crippen molar-refractivity contribution >= 4 is 10.0 Å². The van der Waals surface area contributed by atoms with Gasteiger partial charge in [-0.3, -0.25) is 0 Å². The Hall–Kier alpha value is -0.130. The van der Waals surface area contributed by atoms with Crippen LogP contribution in [-0.2, 0) is 10.0 Å². The van der Waals surface area contributed by atoms with Gasteiger partial charge in [0.05, 0.1) is 5.75 Å². The van der Waals surface area contributed by atoms with Crippen molar-refractivity contribution < 1.29 is 13.5 Å². The quantitative estimate of drug-likeness (QED) is 0.661. The number of nitrogens with one attached hydrogen (secondary N) is 1. The second-order valence-corrected chi connectivity index (χ2v) is 5.95. The Balaban J connectivity index is 4.07. The van der Waals surface area contributed by atoms with E-state index in [1.165, 1.54) is 0 Å². The molecule has 0 fully saturated rings. The van der Waals surface area contributed by atoms with Crippen LogP contribution < -0.4 is 4.72 Å². The van der Waals surface area contributed by atoms with Crippen molar-refractivity contribution in [3.05, 3.63) is 0 Å². The number of hydrogen-bond donors (Lipinski definition) is 2. The van der Waals surface area contributed by atoms with E-state index in [-0.39, 0.29) is 24.2 Å². The second kappa shape index (κ2) is 7.19. The first kappa shape index (κ1) is 14.9. The molecule has 1 atom stereocenters. The van der Waals surface area contributed by atoms with Crippen molar-refractivity contribution in [3.63, 3.8) is 0 Å². The van der Waals surface area contributed by atoms with Crippen LogP contribution in [-0.4, -0.2) is 32.4 Å². The van der Waals surface area contributed by atoms with Crippen LogP contribution in [0.25, 0.3) is 0 Å². The number of aliphatic hydroxyl groups excluding tert-OH is 1. The van der Waals surface area contributed by atoms with Gasteiger partial charge >= 0.3 is 0 Å². The third kappa shape index (κ3) is 6.87. The van der Waals surface area contributed by atoms with Gasteiger partial charge in [-0.05, 0) is 11.8 Å². The van der Waals surface area contributed by atoms with Crippen molar-refractivity contribution in [2.75, 3.05) is 18.9 Å². The predicted octanol–water partition coefficient (Wildman–Crippen LogP) is 0.970. The molecule has 92 valence electrons. The molecule has 0 aliphatic rings. The molecule has 0 saturated heterocycles. The van der Waals surface area contributed by atoms with Gasteiger partial charge < -0.3 is 5.11 Å². The van der Waals surface area contributed by atoms with E-state index in [4.69, 9.17) is 5.11 Å². The van der Waals surface area contributed by atoms with Crippen LogP contribution in [0.1, 0.15) is 33.6 Å². The summed E-state index contributed by atoms with van der Waals surface area (Å²) in [5.74, 6) is 0.395. The molecule has 0 spiro atoms. The fourth-order valence-electron chi connectivity index (χ4n) is 1.23. The Morgan fingerprint density at radius 2 is 1.80 bits per heavy atom. The van der Waals surface area contributed by atoms with Gasteiger partial charge in [-0.25, -0.2) is 13.1 Å². The Labute approximate surface area is 93.1 Å². The molecule has 1 unspecified atom stereocenters. The van der Waals surface area contributed by atoms with Crippen LogP contribution in [0.5, 0.6) is 0 Å². The summed E-state index contributed by atoms with van der Waals surface area (Å²) in [6.45, 7) is 6.13. The lowest BCUT2D eigenvalue weighted by Crippen LogP contribution is -2.33. The average molecular weight is 237 g/mol. The maximum absolute atomic E-state index is 11.6. The lowest BCUT2D eigenvalue weighted by atomic mass is 10.1. The number of rotatable bonds is 8. The van der Waals surface area contributed by atoms with E-state index >= 15 is 0 Å². The molecule has 0 amide bonds. The highest BCUT2D eigenvalue weighted by molar-refractivity contribution is 7.89. The molecule has 0 rings (SSSR count). The van der Waals surface area contributed by atoms with Gasteiger partial charge in [0.1, 0.15) is 0 Å². The molecule has 0 aromatic heterocycles. The first-order valence-corrected chi connectivity index (χ1v) is 7.18. The number of hydrogen-bond acceptors (Lipinski definition) is 3. The lowest BCUT2D eigenvalue weighted by Gasteiger charge is -2.14. The zero-order chi connectivity index (χ0) is 11.9. The zero-order valence-corrected chi connectivity index (χ0v) is 10.7. The maximum atomic E-state index is 11.6. The molecule has 0 aromatic rings. The normalized spacial score (nSPS) is 14.5. The van der Waals surface area contributed by atoms with E-state index < -0.39 is 10.0 Å². The van der Waals surface area contributed by atoms with Gasteiger partial charge in [0.2, 0.25) is 10.0 Å². The summed E-state index contributed by atoms with van der Waals surface area (Å²) in [6.07, 6.45) is 1.76. The maximum Gasteiger partial charge on any atom is 0.211 e. The Morgan fingerprint density at radius 1 is 1.27 bits per heavy atom. The summed E-state index contributed by atoms with van der Waals surface area (Å²) in [4.78, 5) is 0. The topological polar surface area (TPSA) is 66.4 Å². The average Bonchev–Trinajstić information content (AvgIpc) is 2.22. The minimum Gasteiger partial charge on any atom is -0.396 e. The van der Waals surface area contributed by atoms with Gasteiger partial charge in [0.15, 0.2) is 0 Å². The smallest absolute Gasteiger partial charge is 0.211 e. The van der Waals surface area contributed by atoms with E-state index in [1.807, 2.05) is 13.8 Å². The monoisotopic (exact) mass is 237 g/mol. The third-order valence-corrected chi connectivity index (χ3v) is 4.09.